The summed E-state index contributed by atoms with van der Waals surface area (Å²) < 4.78 is 11.3. The van der Waals surface area contributed by atoms with Gasteiger partial charge in [-0.25, -0.2) is 0 Å². The third-order valence-electron chi connectivity index (χ3n) is 2.79. The summed E-state index contributed by atoms with van der Waals surface area (Å²) in [7, 11) is 0. The fourth-order valence-electron chi connectivity index (χ4n) is 1.91. The molecule has 0 amide bonds. The van der Waals surface area contributed by atoms with Crippen LogP contribution in [-0.2, 0) is 6.54 Å². The van der Waals surface area contributed by atoms with Crippen molar-refractivity contribution < 1.29 is 9.47 Å². The third kappa shape index (κ3) is 2.54. The van der Waals surface area contributed by atoms with Gasteiger partial charge in [-0.15, -0.1) is 10.2 Å². The van der Waals surface area contributed by atoms with Crippen molar-refractivity contribution in [3.8, 4) is 22.1 Å². The molecule has 1 aromatic carbocycles. The monoisotopic (exact) mass is 277 g/mol. The zero-order chi connectivity index (χ0) is 13.1. The Hall–Kier alpha value is -1.66. The van der Waals surface area contributed by atoms with E-state index in [0.717, 1.165) is 40.2 Å². The quantitative estimate of drug-likeness (QED) is 0.927. The number of nitrogens with one attached hydrogen (secondary N) is 1. The van der Waals surface area contributed by atoms with Crippen LogP contribution in [0.25, 0.3) is 10.6 Å². The number of rotatable bonds is 4. The Balaban J connectivity index is 1.91. The zero-order valence-electron chi connectivity index (χ0n) is 10.7. The van der Waals surface area contributed by atoms with Gasteiger partial charge in [-0.3, -0.25) is 0 Å². The maximum Gasteiger partial charge on any atom is 0.171 e. The number of para-hydroxylation sites is 1. The molecule has 3 rings (SSSR count). The van der Waals surface area contributed by atoms with Crippen LogP contribution in [0.5, 0.6) is 11.5 Å². The van der Waals surface area contributed by atoms with Crippen LogP contribution in [0.2, 0.25) is 0 Å². The molecule has 0 radical (unpaired) electrons. The van der Waals surface area contributed by atoms with E-state index in [1.54, 1.807) is 11.3 Å². The minimum atomic E-state index is 0.576. The average molecular weight is 277 g/mol. The van der Waals surface area contributed by atoms with E-state index in [9.17, 15) is 0 Å². The molecule has 0 unspecified atom stereocenters. The summed E-state index contributed by atoms with van der Waals surface area (Å²) in [5.74, 6) is 1.56. The van der Waals surface area contributed by atoms with Gasteiger partial charge in [0.25, 0.3) is 0 Å². The van der Waals surface area contributed by atoms with Gasteiger partial charge in [0.15, 0.2) is 16.5 Å². The molecule has 0 spiro atoms. The third-order valence-corrected chi connectivity index (χ3v) is 3.75. The van der Waals surface area contributed by atoms with E-state index in [4.69, 9.17) is 9.47 Å². The molecule has 0 saturated carbocycles. The van der Waals surface area contributed by atoms with Crippen LogP contribution < -0.4 is 14.8 Å². The van der Waals surface area contributed by atoms with E-state index in [-0.39, 0.29) is 0 Å². The van der Waals surface area contributed by atoms with Crippen molar-refractivity contribution in [2.24, 2.45) is 0 Å². The van der Waals surface area contributed by atoms with Gasteiger partial charge in [-0.1, -0.05) is 24.3 Å². The Bertz CT molecular complexity index is 571. The molecule has 0 bridgehead atoms. The molecule has 100 valence electrons. The second-order valence-corrected chi connectivity index (χ2v) is 5.17. The zero-order valence-corrected chi connectivity index (χ0v) is 11.5. The Morgan fingerprint density at radius 3 is 3.05 bits per heavy atom. The Kier molecular flexibility index (Phi) is 3.61. The maximum absolute atomic E-state index is 5.70. The molecule has 5 nitrogen and oxygen atoms in total. The maximum atomic E-state index is 5.70. The van der Waals surface area contributed by atoms with Crippen molar-refractivity contribution in [2.45, 2.75) is 13.5 Å². The molecule has 0 fully saturated rings. The van der Waals surface area contributed by atoms with Crippen LogP contribution in [0.3, 0.4) is 0 Å². The minimum absolute atomic E-state index is 0.576. The van der Waals surface area contributed by atoms with Crippen molar-refractivity contribution in [1.29, 1.82) is 0 Å². The highest BCUT2D eigenvalue weighted by molar-refractivity contribution is 7.14. The van der Waals surface area contributed by atoms with Crippen LogP contribution in [0, 0.1) is 0 Å². The van der Waals surface area contributed by atoms with Gasteiger partial charge < -0.3 is 14.8 Å². The summed E-state index contributed by atoms with van der Waals surface area (Å²) in [6, 6.07) is 5.86. The first kappa shape index (κ1) is 12.4. The first-order valence-electron chi connectivity index (χ1n) is 6.30. The van der Waals surface area contributed by atoms with E-state index in [1.807, 2.05) is 18.2 Å². The highest BCUT2D eigenvalue weighted by Crippen LogP contribution is 2.40. The van der Waals surface area contributed by atoms with Crippen molar-refractivity contribution >= 4 is 11.3 Å². The second-order valence-electron chi connectivity index (χ2n) is 4.11. The summed E-state index contributed by atoms with van der Waals surface area (Å²) in [5, 5.41) is 13.5. The molecule has 19 heavy (non-hydrogen) atoms. The normalized spacial score (nSPS) is 13.5. The Labute approximate surface area is 115 Å². The lowest BCUT2D eigenvalue weighted by Crippen LogP contribution is -2.15. The van der Waals surface area contributed by atoms with E-state index < -0.39 is 0 Å². The SMILES string of the molecule is CCNCc1nnc(-c2cccc3c2OCCO3)s1. The summed E-state index contributed by atoms with van der Waals surface area (Å²) in [6.07, 6.45) is 0. The molecule has 1 aromatic heterocycles. The summed E-state index contributed by atoms with van der Waals surface area (Å²) in [4.78, 5) is 0. The lowest BCUT2D eigenvalue weighted by atomic mass is 10.2. The lowest BCUT2D eigenvalue weighted by Gasteiger charge is -2.19. The molecule has 1 N–H and O–H groups in total. The van der Waals surface area contributed by atoms with E-state index in [0.29, 0.717) is 13.2 Å². The molecule has 1 aliphatic rings. The molecule has 1 aliphatic heterocycles. The standard InChI is InChI=1S/C13H15N3O2S/c1-2-14-8-11-15-16-13(19-11)9-4-3-5-10-12(9)18-7-6-17-10/h3-5,14H,2,6-8H2,1H3. The number of hydrogen-bond donors (Lipinski definition) is 1. The van der Waals surface area contributed by atoms with Crippen LogP contribution >= 0.6 is 11.3 Å². The van der Waals surface area contributed by atoms with Gasteiger partial charge in [-0.05, 0) is 18.7 Å². The van der Waals surface area contributed by atoms with E-state index >= 15 is 0 Å². The molecular weight excluding hydrogens is 262 g/mol. The van der Waals surface area contributed by atoms with Gasteiger partial charge in [-0.2, -0.15) is 0 Å². The van der Waals surface area contributed by atoms with E-state index in [1.165, 1.54) is 0 Å². The highest BCUT2D eigenvalue weighted by Gasteiger charge is 2.19. The predicted molar refractivity (Wildman–Crippen MR) is 73.7 cm³/mol. The number of aromatic nitrogens is 2. The van der Waals surface area contributed by atoms with Crippen LogP contribution in [0.15, 0.2) is 18.2 Å². The molecular formula is C13H15N3O2S. The van der Waals surface area contributed by atoms with Crippen molar-refractivity contribution in [2.75, 3.05) is 19.8 Å². The Morgan fingerprint density at radius 2 is 2.16 bits per heavy atom. The van der Waals surface area contributed by atoms with Gasteiger partial charge in [0.2, 0.25) is 0 Å². The van der Waals surface area contributed by atoms with Gasteiger partial charge in [0.05, 0.1) is 5.56 Å². The minimum Gasteiger partial charge on any atom is -0.486 e. The predicted octanol–water partition coefficient (Wildman–Crippen LogP) is 2.09. The largest absolute Gasteiger partial charge is 0.486 e. The smallest absolute Gasteiger partial charge is 0.171 e. The van der Waals surface area contributed by atoms with Gasteiger partial charge in [0, 0.05) is 6.54 Å². The topological polar surface area (TPSA) is 56.3 Å². The first-order chi connectivity index (χ1) is 9.38. The van der Waals surface area contributed by atoms with E-state index in [2.05, 4.69) is 22.4 Å². The second kappa shape index (κ2) is 5.54. The van der Waals surface area contributed by atoms with Crippen molar-refractivity contribution in [1.82, 2.24) is 15.5 Å². The number of hydrogen-bond acceptors (Lipinski definition) is 6. The number of benzene rings is 1. The van der Waals surface area contributed by atoms with Gasteiger partial charge in [0.1, 0.15) is 18.2 Å². The van der Waals surface area contributed by atoms with Gasteiger partial charge >= 0.3 is 0 Å². The molecule has 0 saturated heterocycles. The highest BCUT2D eigenvalue weighted by atomic mass is 32.1. The Morgan fingerprint density at radius 1 is 1.26 bits per heavy atom. The fraction of sp³-hybridized carbons (Fsp3) is 0.385. The van der Waals surface area contributed by atoms with Crippen LogP contribution in [0.4, 0.5) is 0 Å². The number of fused-ring (bicyclic) bond motifs is 1. The van der Waals surface area contributed by atoms with Crippen LogP contribution in [0.1, 0.15) is 11.9 Å². The first-order valence-corrected chi connectivity index (χ1v) is 7.12. The summed E-state index contributed by atoms with van der Waals surface area (Å²) in [5.41, 5.74) is 0.956. The molecule has 0 aliphatic carbocycles. The molecule has 2 heterocycles. The summed E-state index contributed by atoms with van der Waals surface area (Å²) in [6.45, 7) is 4.92. The van der Waals surface area contributed by atoms with Crippen molar-refractivity contribution in [3.63, 3.8) is 0 Å². The lowest BCUT2D eigenvalue weighted by molar-refractivity contribution is 0.172. The number of nitrogens with zero attached hydrogens (tertiary/aromatic N) is 2. The summed E-state index contributed by atoms with van der Waals surface area (Å²) >= 11 is 1.58. The fourth-order valence-corrected chi connectivity index (χ4v) is 2.74. The molecule has 2 aromatic rings. The average Bonchev–Trinajstić information content (AvgIpc) is 2.93. The number of ether oxygens (including phenoxy) is 2. The molecule has 0 atom stereocenters. The van der Waals surface area contributed by atoms with Crippen molar-refractivity contribution in [3.05, 3.63) is 23.2 Å². The molecule has 6 heteroatoms. The van der Waals surface area contributed by atoms with Crippen LogP contribution in [-0.4, -0.2) is 30.0 Å².